The Kier molecular flexibility index (Phi) is 11.5. The maximum atomic E-state index is 5.81. The number of hydrogen-bond donors (Lipinski definition) is 2. The van der Waals surface area contributed by atoms with Crippen LogP contribution in [0.4, 0.5) is 0 Å². The van der Waals surface area contributed by atoms with Crippen molar-refractivity contribution in [3.05, 3.63) is 88.5 Å². The standard InChI is InChI=1S/C34H46N2O3/c1-37-31-14-10-11-26(23-31)15-17-32-27(16-18-33(38-2)34(32)39-3)19-22-35-20-8-4-5-9-21-36-30-24-28-12-6-7-13-29(28)25-30/h6-7,10-14,16,18,23,30,35-36H,4-5,8-9,15,17,19-22,24-25H2,1-3H3. The van der Waals surface area contributed by atoms with Crippen molar-refractivity contribution in [2.24, 2.45) is 0 Å². The highest BCUT2D eigenvalue weighted by Crippen LogP contribution is 2.35. The summed E-state index contributed by atoms with van der Waals surface area (Å²) in [6, 6.07) is 22.0. The minimum Gasteiger partial charge on any atom is -0.497 e. The van der Waals surface area contributed by atoms with E-state index in [0.717, 1.165) is 56.1 Å². The number of fused-ring (bicyclic) bond motifs is 1. The van der Waals surface area contributed by atoms with Crippen LogP contribution in [-0.4, -0.2) is 47.0 Å². The largest absolute Gasteiger partial charge is 0.497 e. The van der Waals surface area contributed by atoms with Crippen LogP contribution < -0.4 is 24.8 Å². The molecule has 0 bridgehead atoms. The van der Waals surface area contributed by atoms with Crippen LogP contribution in [0.15, 0.2) is 60.7 Å². The quantitative estimate of drug-likeness (QED) is 0.211. The molecule has 0 unspecified atom stereocenters. The molecular weight excluding hydrogens is 484 g/mol. The summed E-state index contributed by atoms with van der Waals surface area (Å²) in [5.41, 5.74) is 6.87. The maximum absolute atomic E-state index is 5.81. The fourth-order valence-corrected chi connectivity index (χ4v) is 5.72. The van der Waals surface area contributed by atoms with E-state index in [4.69, 9.17) is 14.2 Å². The summed E-state index contributed by atoms with van der Waals surface area (Å²) in [5.74, 6) is 2.54. The van der Waals surface area contributed by atoms with E-state index >= 15 is 0 Å². The summed E-state index contributed by atoms with van der Waals surface area (Å²) in [6.45, 7) is 3.16. The molecule has 4 rings (SSSR count). The van der Waals surface area contributed by atoms with Gasteiger partial charge in [-0.2, -0.15) is 0 Å². The number of aryl methyl sites for hydroxylation is 1. The lowest BCUT2D eigenvalue weighted by molar-refractivity contribution is 0.351. The number of rotatable bonds is 17. The molecular formula is C34H46N2O3. The molecule has 0 aromatic heterocycles. The molecule has 3 aromatic carbocycles. The SMILES string of the molecule is COc1cccc(CCc2c(CCNCCCCCCNC3Cc4ccccc4C3)ccc(OC)c2OC)c1. The first kappa shape index (κ1) is 29.0. The molecule has 5 nitrogen and oxygen atoms in total. The minimum absolute atomic E-state index is 0.626. The van der Waals surface area contributed by atoms with Gasteiger partial charge in [-0.3, -0.25) is 0 Å². The second-order valence-corrected chi connectivity index (χ2v) is 10.5. The first-order chi connectivity index (χ1) is 19.2. The van der Waals surface area contributed by atoms with Crippen molar-refractivity contribution >= 4 is 0 Å². The Morgan fingerprint density at radius 3 is 2.18 bits per heavy atom. The van der Waals surface area contributed by atoms with Crippen molar-refractivity contribution in [1.82, 2.24) is 10.6 Å². The van der Waals surface area contributed by atoms with Crippen molar-refractivity contribution in [2.75, 3.05) is 41.0 Å². The Morgan fingerprint density at radius 2 is 1.46 bits per heavy atom. The fourth-order valence-electron chi connectivity index (χ4n) is 5.72. The van der Waals surface area contributed by atoms with E-state index < -0.39 is 0 Å². The first-order valence-electron chi connectivity index (χ1n) is 14.6. The molecule has 0 aliphatic heterocycles. The molecule has 0 spiro atoms. The van der Waals surface area contributed by atoms with Crippen LogP contribution in [0.2, 0.25) is 0 Å². The van der Waals surface area contributed by atoms with Gasteiger partial charge in [-0.15, -0.1) is 0 Å². The van der Waals surface area contributed by atoms with Gasteiger partial charge in [-0.05, 0) is 105 Å². The van der Waals surface area contributed by atoms with E-state index in [9.17, 15) is 0 Å². The fraction of sp³-hybridized carbons (Fsp3) is 0.471. The minimum atomic E-state index is 0.626. The Labute approximate surface area is 235 Å². The third kappa shape index (κ3) is 8.48. The van der Waals surface area contributed by atoms with E-state index in [0.29, 0.717) is 6.04 Å². The summed E-state index contributed by atoms with van der Waals surface area (Å²) in [7, 11) is 5.15. The van der Waals surface area contributed by atoms with Crippen molar-refractivity contribution in [3.63, 3.8) is 0 Å². The summed E-state index contributed by atoms with van der Waals surface area (Å²) in [5, 5.41) is 7.42. The van der Waals surface area contributed by atoms with Gasteiger partial charge in [0.25, 0.3) is 0 Å². The topological polar surface area (TPSA) is 51.8 Å². The number of ether oxygens (including phenoxy) is 3. The van der Waals surface area contributed by atoms with E-state index in [2.05, 4.69) is 53.1 Å². The van der Waals surface area contributed by atoms with Gasteiger partial charge in [0.15, 0.2) is 11.5 Å². The van der Waals surface area contributed by atoms with Crippen LogP contribution in [0.3, 0.4) is 0 Å². The molecule has 0 saturated heterocycles. The predicted octanol–water partition coefficient (Wildman–Crippen LogP) is 5.95. The van der Waals surface area contributed by atoms with Crippen molar-refractivity contribution in [1.29, 1.82) is 0 Å². The van der Waals surface area contributed by atoms with Gasteiger partial charge < -0.3 is 24.8 Å². The lowest BCUT2D eigenvalue weighted by Crippen LogP contribution is -2.30. The van der Waals surface area contributed by atoms with Gasteiger partial charge in [-0.25, -0.2) is 0 Å². The van der Waals surface area contributed by atoms with E-state index in [1.165, 1.54) is 66.3 Å². The van der Waals surface area contributed by atoms with E-state index in [1.54, 1.807) is 21.3 Å². The Balaban J connectivity index is 1.14. The summed E-state index contributed by atoms with van der Waals surface area (Å²) >= 11 is 0. The molecule has 1 aliphatic rings. The van der Waals surface area contributed by atoms with Crippen LogP contribution in [-0.2, 0) is 32.1 Å². The molecule has 39 heavy (non-hydrogen) atoms. The van der Waals surface area contributed by atoms with Crippen LogP contribution in [0, 0.1) is 0 Å². The zero-order valence-corrected chi connectivity index (χ0v) is 24.1. The van der Waals surface area contributed by atoms with Gasteiger partial charge in [-0.1, -0.05) is 55.3 Å². The average molecular weight is 531 g/mol. The van der Waals surface area contributed by atoms with Crippen molar-refractivity contribution in [3.8, 4) is 17.2 Å². The molecule has 2 N–H and O–H groups in total. The van der Waals surface area contributed by atoms with Crippen molar-refractivity contribution < 1.29 is 14.2 Å². The Morgan fingerprint density at radius 1 is 0.692 bits per heavy atom. The Bertz CT molecular complexity index is 1140. The van der Waals surface area contributed by atoms with Gasteiger partial charge in [0.2, 0.25) is 0 Å². The van der Waals surface area contributed by atoms with Gasteiger partial charge in [0.1, 0.15) is 5.75 Å². The van der Waals surface area contributed by atoms with E-state index in [1.807, 2.05) is 18.2 Å². The normalized spacial score (nSPS) is 12.9. The second-order valence-electron chi connectivity index (χ2n) is 10.5. The van der Waals surface area contributed by atoms with Crippen LogP contribution in [0.5, 0.6) is 17.2 Å². The lowest BCUT2D eigenvalue weighted by Gasteiger charge is -2.17. The molecule has 5 heteroatoms. The molecule has 0 saturated carbocycles. The third-order valence-corrected chi connectivity index (χ3v) is 7.88. The summed E-state index contributed by atoms with van der Waals surface area (Å²) in [6.07, 6.45) is 10.2. The maximum Gasteiger partial charge on any atom is 0.164 e. The lowest BCUT2D eigenvalue weighted by atomic mass is 9.96. The van der Waals surface area contributed by atoms with Crippen LogP contribution in [0.1, 0.15) is 53.5 Å². The number of nitrogens with one attached hydrogen (secondary N) is 2. The summed E-state index contributed by atoms with van der Waals surface area (Å²) in [4.78, 5) is 0. The highest BCUT2D eigenvalue weighted by molar-refractivity contribution is 5.51. The molecule has 0 heterocycles. The Hall–Kier alpha value is -3.02. The zero-order valence-electron chi connectivity index (χ0n) is 24.1. The first-order valence-corrected chi connectivity index (χ1v) is 14.6. The van der Waals surface area contributed by atoms with Gasteiger partial charge in [0.05, 0.1) is 21.3 Å². The number of unbranched alkanes of at least 4 members (excludes halogenated alkanes) is 3. The van der Waals surface area contributed by atoms with Crippen LogP contribution >= 0.6 is 0 Å². The highest BCUT2D eigenvalue weighted by atomic mass is 16.5. The molecule has 1 aliphatic carbocycles. The number of methoxy groups -OCH3 is 3. The molecule has 0 atom stereocenters. The smallest absolute Gasteiger partial charge is 0.164 e. The molecule has 210 valence electrons. The number of benzene rings is 3. The van der Waals surface area contributed by atoms with Gasteiger partial charge >= 0.3 is 0 Å². The van der Waals surface area contributed by atoms with Crippen LogP contribution in [0.25, 0.3) is 0 Å². The highest BCUT2D eigenvalue weighted by Gasteiger charge is 2.19. The molecule has 0 amide bonds. The monoisotopic (exact) mass is 530 g/mol. The zero-order chi connectivity index (χ0) is 27.3. The molecule has 3 aromatic rings. The molecule has 0 radical (unpaired) electrons. The van der Waals surface area contributed by atoms with Crippen molar-refractivity contribution in [2.45, 2.75) is 63.8 Å². The molecule has 0 fully saturated rings. The van der Waals surface area contributed by atoms with Gasteiger partial charge in [0, 0.05) is 11.6 Å². The second kappa shape index (κ2) is 15.5. The predicted molar refractivity (Wildman–Crippen MR) is 161 cm³/mol. The average Bonchev–Trinajstić information content (AvgIpc) is 3.40. The summed E-state index contributed by atoms with van der Waals surface area (Å²) < 4.78 is 16.8. The third-order valence-electron chi connectivity index (χ3n) is 7.88. The van der Waals surface area contributed by atoms with E-state index in [-0.39, 0.29) is 0 Å². The number of hydrogen-bond acceptors (Lipinski definition) is 5.